The lowest BCUT2D eigenvalue weighted by atomic mass is 10.2. The third kappa shape index (κ3) is 5.39. The molecule has 0 spiro atoms. The van der Waals surface area contributed by atoms with Crippen molar-refractivity contribution in [2.24, 2.45) is 0 Å². The highest BCUT2D eigenvalue weighted by molar-refractivity contribution is 7.11. The van der Waals surface area contributed by atoms with Gasteiger partial charge in [0.15, 0.2) is 0 Å². The third-order valence-electron chi connectivity index (χ3n) is 3.92. The van der Waals surface area contributed by atoms with Crippen LogP contribution < -0.4 is 5.32 Å². The van der Waals surface area contributed by atoms with Crippen molar-refractivity contribution in [3.8, 4) is 17.3 Å². The number of nitrogens with zero attached hydrogens (tertiary/aromatic N) is 2. The van der Waals surface area contributed by atoms with E-state index >= 15 is 0 Å². The van der Waals surface area contributed by atoms with Crippen molar-refractivity contribution in [3.63, 3.8) is 0 Å². The molecule has 8 heteroatoms. The number of hydrogen-bond acceptors (Lipinski definition) is 6. The lowest BCUT2D eigenvalue weighted by Crippen LogP contribution is -2.11. The van der Waals surface area contributed by atoms with Crippen molar-refractivity contribution in [1.29, 1.82) is 5.26 Å². The quantitative estimate of drug-likeness (QED) is 0.330. The van der Waals surface area contributed by atoms with E-state index in [0.717, 1.165) is 11.3 Å². The van der Waals surface area contributed by atoms with Gasteiger partial charge < -0.3 is 10.1 Å². The zero-order valence-electron chi connectivity index (χ0n) is 16.1. The maximum atomic E-state index is 11.9. The molecule has 0 aliphatic carbocycles. The summed E-state index contributed by atoms with van der Waals surface area (Å²) in [5, 5.41) is 15.9. The van der Waals surface area contributed by atoms with Gasteiger partial charge in [0.05, 0.1) is 27.4 Å². The number of thiazole rings is 1. The van der Waals surface area contributed by atoms with Gasteiger partial charge in [0.1, 0.15) is 16.6 Å². The van der Waals surface area contributed by atoms with Crippen molar-refractivity contribution in [2.75, 3.05) is 5.32 Å². The molecule has 0 fully saturated rings. The predicted molar refractivity (Wildman–Crippen MR) is 122 cm³/mol. The van der Waals surface area contributed by atoms with Gasteiger partial charge in [-0.2, -0.15) is 5.26 Å². The molecule has 0 saturated heterocycles. The second-order valence-corrected chi connectivity index (χ2v) is 8.18. The van der Waals surface area contributed by atoms with Crippen LogP contribution in [0.1, 0.15) is 29.2 Å². The minimum atomic E-state index is -0.373. The highest BCUT2D eigenvalue weighted by atomic mass is 35.5. The molecule has 0 saturated carbocycles. The van der Waals surface area contributed by atoms with Gasteiger partial charge >= 0.3 is 5.97 Å². The molecule has 0 bridgehead atoms. The van der Waals surface area contributed by atoms with Gasteiger partial charge in [-0.25, -0.2) is 9.78 Å². The lowest BCUT2D eigenvalue weighted by molar-refractivity contribution is 0.0378. The molecule has 3 rings (SSSR count). The molecule has 152 valence electrons. The number of rotatable bonds is 6. The summed E-state index contributed by atoms with van der Waals surface area (Å²) in [5.41, 5.74) is 3.10. The molecule has 0 amide bonds. The smallest absolute Gasteiger partial charge is 0.338 e. The number of anilines is 1. The number of halogens is 2. The molecule has 0 radical (unpaired) electrons. The predicted octanol–water partition coefficient (Wildman–Crippen LogP) is 6.66. The first-order chi connectivity index (χ1) is 14.4. The van der Waals surface area contributed by atoms with Gasteiger partial charge in [0.25, 0.3) is 0 Å². The van der Waals surface area contributed by atoms with Gasteiger partial charge in [-0.3, -0.25) is 0 Å². The van der Waals surface area contributed by atoms with E-state index in [9.17, 15) is 10.1 Å². The Morgan fingerprint density at radius 1 is 1.20 bits per heavy atom. The Labute approximate surface area is 188 Å². The topological polar surface area (TPSA) is 75.0 Å². The number of nitrogens with one attached hydrogen (secondary N) is 1. The van der Waals surface area contributed by atoms with E-state index in [1.54, 1.807) is 56.4 Å². The summed E-state index contributed by atoms with van der Waals surface area (Å²) in [5.74, 6) is -0.373. The molecule has 0 atom stereocenters. The Kier molecular flexibility index (Phi) is 7.11. The molecule has 1 heterocycles. The number of carbonyl (C=O) groups excluding carboxylic acids is 1. The third-order valence-corrected chi connectivity index (χ3v) is 5.53. The normalized spacial score (nSPS) is 11.3. The van der Waals surface area contributed by atoms with Crippen LogP contribution in [0.25, 0.3) is 16.8 Å². The first-order valence-electron chi connectivity index (χ1n) is 8.96. The minimum Gasteiger partial charge on any atom is -0.459 e. The van der Waals surface area contributed by atoms with Crippen LogP contribution in [0, 0.1) is 11.3 Å². The summed E-state index contributed by atoms with van der Waals surface area (Å²) >= 11 is 13.4. The van der Waals surface area contributed by atoms with E-state index in [0.29, 0.717) is 31.9 Å². The maximum absolute atomic E-state index is 11.9. The zero-order valence-corrected chi connectivity index (χ0v) is 18.5. The van der Waals surface area contributed by atoms with E-state index in [4.69, 9.17) is 27.9 Å². The maximum Gasteiger partial charge on any atom is 0.338 e. The van der Waals surface area contributed by atoms with Crippen LogP contribution in [0.5, 0.6) is 0 Å². The second-order valence-electron chi connectivity index (χ2n) is 6.51. The molecule has 2 aromatic carbocycles. The van der Waals surface area contributed by atoms with Crippen LogP contribution in [-0.2, 0) is 4.74 Å². The van der Waals surface area contributed by atoms with Crippen LogP contribution in [0.4, 0.5) is 5.69 Å². The molecule has 5 nitrogen and oxygen atoms in total. The lowest BCUT2D eigenvalue weighted by Gasteiger charge is -2.08. The summed E-state index contributed by atoms with van der Waals surface area (Å²) in [4.78, 5) is 16.4. The van der Waals surface area contributed by atoms with Crippen LogP contribution >= 0.6 is 34.5 Å². The van der Waals surface area contributed by atoms with E-state index in [1.165, 1.54) is 11.3 Å². The Balaban J connectivity index is 1.73. The SMILES string of the molecule is CC(C)OC(=O)c1ccc(N/C=C(\C#N)c2nc(-c3ccc(Cl)c(Cl)c3)cs2)cc1. The van der Waals surface area contributed by atoms with Crippen molar-refractivity contribution >= 4 is 51.8 Å². The molecular weight excluding hydrogens is 441 g/mol. The van der Waals surface area contributed by atoms with E-state index in [1.807, 2.05) is 11.4 Å². The Bertz CT molecular complexity index is 1130. The molecule has 1 aromatic heterocycles. The van der Waals surface area contributed by atoms with Gasteiger partial charge in [-0.1, -0.05) is 29.3 Å². The average molecular weight is 458 g/mol. The Morgan fingerprint density at radius 2 is 1.93 bits per heavy atom. The van der Waals surface area contributed by atoms with Crippen LogP contribution in [-0.4, -0.2) is 17.1 Å². The molecule has 0 aliphatic heterocycles. The zero-order chi connectivity index (χ0) is 21.7. The van der Waals surface area contributed by atoms with Crippen molar-refractivity contribution in [1.82, 2.24) is 4.98 Å². The summed E-state index contributed by atoms with van der Waals surface area (Å²) < 4.78 is 5.17. The van der Waals surface area contributed by atoms with Gasteiger partial charge in [-0.15, -0.1) is 11.3 Å². The molecule has 0 unspecified atom stereocenters. The number of allylic oxidation sites excluding steroid dienone is 1. The summed E-state index contributed by atoms with van der Waals surface area (Å²) in [6.45, 7) is 3.60. The van der Waals surface area contributed by atoms with Crippen molar-refractivity contribution in [3.05, 3.63) is 74.7 Å². The number of esters is 1. The van der Waals surface area contributed by atoms with Crippen LogP contribution in [0.15, 0.2) is 54.0 Å². The van der Waals surface area contributed by atoms with E-state index in [-0.39, 0.29) is 12.1 Å². The largest absolute Gasteiger partial charge is 0.459 e. The fourth-order valence-electron chi connectivity index (χ4n) is 2.47. The molecule has 30 heavy (non-hydrogen) atoms. The Hall–Kier alpha value is -2.85. The van der Waals surface area contributed by atoms with Crippen LogP contribution in [0.3, 0.4) is 0 Å². The van der Waals surface area contributed by atoms with Crippen LogP contribution in [0.2, 0.25) is 10.0 Å². The number of aromatic nitrogens is 1. The minimum absolute atomic E-state index is 0.177. The van der Waals surface area contributed by atoms with Crippen molar-refractivity contribution < 1.29 is 9.53 Å². The average Bonchev–Trinajstić information content (AvgIpc) is 3.20. The molecule has 3 aromatic rings. The van der Waals surface area contributed by atoms with E-state index in [2.05, 4.69) is 16.4 Å². The first-order valence-corrected chi connectivity index (χ1v) is 10.6. The summed E-state index contributed by atoms with van der Waals surface area (Å²) in [6, 6.07) is 14.2. The first kappa shape index (κ1) is 21.8. The monoisotopic (exact) mass is 457 g/mol. The summed E-state index contributed by atoms with van der Waals surface area (Å²) in [7, 11) is 0. The standard InChI is InChI=1S/C22H17Cl2N3O2S/c1-13(2)29-22(28)14-3-6-17(7-4-14)26-11-16(10-25)21-27-20(12-30-21)15-5-8-18(23)19(24)9-15/h3-9,11-13,26H,1-2H3/b16-11+. The van der Waals surface area contributed by atoms with Gasteiger partial charge in [-0.05, 0) is 50.2 Å². The highest BCUT2D eigenvalue weighted by Crippen LogP contribution is 2.30. The van der Waals surface area contributed by atoms with Crippen molar-refractivity contribution in [2.45, 2.75) is 20.0 Å². The number of ether oxygens (including phenoxy) is 1. The molecule has 1 N–H and O–H groups in total. The summed E-state index contributed by atoms with van der Waals surface area (Å²) in [6.07, 6.45) is 1.40. The number of nitriles is 1. The van der Waals surface area contributed by atoms with E-state index < -0.39 is 0 Å². The van der Waals surface area contributed by atoms with Gasteiger partial charge in [0, 0.05) is 22.8 Å². The number of hydrogen-bond donors (Lipinski definition) is 1. The molecular formula is C22H17Cl2N3O2S. The number of carbonyl (C=O) groups is 1. The fraction of sp³-hybridized carbons (Fsp3) is 0.136. The second kappa shape index (κ2) is 9.77. The number of benzene rings is 2. The highest BCUT2D eigenvalue weighted by Gasteiger charge is 2.11. The fourth-order valence-corrected chi connectivity index (χ4v) is 3.56. The Morgan fingerprint density at radius 3 is 2.57 bits per heavy atom. The molecule has 0 aliphatic rings. The van der Waals surface area contributed by atoms with Gasteiger partial charge in [0.2, 0.25) is 0 Å².